The van der Waals surface area contributed by atoms with E-state index in [1.807, 2.05) is 6.20 Å². The van der Waals surface area contributed by atoms with Crippen molar-refractivity contribution in [1.82, 2.24) is 9.97 Å². The Hall–Kier alpha value is -0.920. The van der Waals surface area contributed by atoms with Crippen molar-refractivity contribution >= 4 is 0 Å². The van der Waals surface area contributed by atoms with Crippen molar-refractivity contribution in [3.63, 3.8) is 0 Å². The number of hydrogen-bond acceptors (Lipinski definition) is 2. The van der Waals surface area contributed by atoms with Crippen LogP contribution >= 0.6 is 0 Å². The molecule has 1 aromatic heterocycles. The third-order valence-electron chi connectivity index (χ3n) is 4.15. The Morgan fingerprint density at radius 3 is 2.33 bits per heavy atom. The van der Waals surface area contributed by atoms with Gasteiger partial charge in [-0.05, 0) is 37.2 Å². The molecule has 0 bridgehead atoms. The first-order valence-corrected chi connectivity index (χ1v) is 7.11. The molecular formula is C16H26N2. The summed E-state index contributed by atoms with van der Waals surface area (Å²) in [6.45, 7) is 11.4. The molecule has 100 valence electrons. The summed E-state index contributed by atoms with van der Waals surface area (Å²) in [6.07, 6.45) is 6.99. The Morgan fingerprint density at radius 1 is 1.17 bits per heavy atom. The normalized spacial score (nSPS) is 20.9. The summed E-state index contributed by atoms with van der Waals surface area (Å²) >= 11 is 0. The van der Waals surface area contributed by atoms with Gasteiger partial charge in [-0.3, -0.25) is 0 Å². The van der Waals surface area contributed by atoms with Crippen LogP contribution in [0.2, 0.25) is 0 Å². The van der Waals surface area contributed by atoms with Crippen LogP contribution in [0.25, 0.3) is 0 Å². The summed E-state index contributed by atoms with van der Waals surface area (Å²) in [5.74, 6) is 1.64. The highest BCUT2D eigenvalue weighted by molar-refractivity contribution is 5.14. The molecule has 1 aromatic rings. The molecule has 0 radical (unpaired) electrons. The molecule has 0 unspecified atom stereocenters. The lowest BCUT2D eigenvalue weighted by Crippen LogP contribution is -2.22. The number of hydrogen-bond donors (Lipinski definition) is 0. The zero-order chi connectivity index (χ0) is 13.4. The Morgan fingerprint density at radius 2 is 1.78 bits per heavy atom. The van der Waals surface area contributed by atoms with Gasteiger partial charge in [0, 0.05) is 23.2 Å². The van der Waals surface area contributed by atoms with Gasteiger partial charge in [0.15, 0.2) is 0 Å². The quantitative estimate of drug-likeness (QED) is 0.731. The average Bonchev–Trinajstić information content (AvgIpc) is 2.28. The summed E-state index contributed by atoms with van der Waals surface area (Å²) in [6, 6.07) is 2.05. The number of rotatable bonds is 1. The van der Waals surface area contributed by atoms with E-state index in [1.165, 1.54) is 25.7 Å². The van der Waals surface area contributed by atoms with E-state index in [2.05, 4.69) is 45.7 Å². The maximum atomic E-state index is 4.80. The van der Waals surface area contributed by atoms with Crippen LogP contribution < -0.4 is 0 Å². The second-order valence-corrected chi connectivity index (χ2v) is 7.49. The smallest absolute Gasteiger partial charge is 0.131 e. The number of nitrogens with zero attached hydrogens (tertiary/aromatic N) is 2. The van der Waals surface area contributed by atoms with Crippen LogP contribution in [0.1, 0.15) is 77.7 Å². The Labute approximate surface area is 111 Å². The molecule has 1 saturated carbocycles. The SMILES string of the molecule is CC1(C)CCC(c2nccc(C(C)(C)C)n2)CC1. The molecule has 1 fully saturated rings. The van der Waals surface area contributed by atoms with Gasteiger partial charge in [0.1, 0.15) is 5.82 Å². The van der Waals surface area contributed by atoms with Crippen LogP contribution in [0.5, 0.6) is 0 Å². The Bertz CT molecular complexity index is 405. The van der Waals surface area contributed by atoms with Gasteiger partial charge < -0.3 is 0 Å². The van der Waals surface area contributed by atoms with Gasteiger partial charge in [-0.15, -0.1) is 0 Å². The fourth-order valence-corrected chi connectivity index (χ4v) is 2.65. The molecule has 0 aliphatic heterocycles. The van der Waals surface area contributed by atoms with E-state index in [4.69, 9.17) is 4.98 Å². The minimum Gasteiger partial charge on any atom is -0.241 e. The predicted molar refractivity (Wildman–Crippen MR) is 75.7 cm³/mol. The maximum Gasteiger partial charge on any atom is 0.131 e. The average molecular weight is 246 g/mol. The molecule has 0 atom stereocenters. The second kappa shape index (κ2) is 4.64. The van der Waals surface area contributed by atoms with Crippen LogP contribution in [0.3, 0.4) is 0 Å². The van der Waals surface area contributed by atoms with Gasteiger partial charge in [0.2, 0.25) is 0 Å². The molecular weight excluding hydrogens is 220 g/mol. The summed E-state index contributed by atoms with van der Waals surface area (Å²) in [7, 11) is 0. The Balaban J connectivity index is 2.15. The van der Waals surface area contributed by atoms with Crippen molar-refractivity contribution in [1.29, 1.82) is 0 Å². The summed E-state index contributed by atoms with van der Waals surface area (Å²) in [5, 5.41) is 0. The van der Waals surface area contributed by atoms with Gasteiger partial charge in [-0.25, -0.2) is 9.97 Å². The van der Waals surface area contributed by atoms with Gasteiger partial charge in [0.05, 0.1) is 0 Å². The summed E-state index contributed by atoms with van der Waals surface area (Å²) < 4.78 is 0. The first-order valence-electron chi connectivity index (χ1n) is 7.11. The third-order valence-corrected chi connectivity index (χ3v) is 4.15. The molecule has 0 saturated heterocycles. The van der Waals surface area contributed by atoms with E-state index in [9.17, 15) is 0 Å². The number of aromatic nitrogens is 2. The summed E-state index contributed by atoms with van der Waals surface area (Å²) in [5.41, 5.74) is 1.79. The molecule has 1 aliphatic rings. The largest absolute Gasteiger partial charge is 0.241 e. The molecule has 2 rings (SSSR count). The first-order chi connectivity index (χ1) is 8.28. The van der Waals surface area contributed by atoms with Crippen molar-refractivity contribution in [3.05, 3.63) is 23.8 Å². The van der Waals surface area contributed by atoms with Crippen molar-refractivity contribution in [3.8, 4) is 0 Å². The van der Waals surface area contributed by atoms with Crippen molar-refractivity contribution in [2.45, 2.75) is 71.6 Å². The first kappa shape index (κ1) is 13.5. The molecule has 0 amide bonds. The highest BCUT2D eigenvalue weighted by Crippen LogP contribution is 2.41. The molecule has 2 heteroatoms. The van der Waals surface area contributed by atoms with Gasteiger partial charge in [0.25, 0.3) is 0 Å². The summed E-state index contributed by atoms with van der Waals surface area (Å²) in [4.78, 5) is 9.32. The molecule has 0 N–H and O–H groups in total. The van der Waals surface area contributed by atoms with E-state index >= 15 is 0 Å². The highest BCUT2D eigenvalue weighted by Gasteiger charge is 2.29. The van der Waals surface area contributed by atoms with Crippen LogP contribution in [-0.2, 0) is 5.41 Å². The maximum absolute atomic E-state index is 4.80. The minimum absolute atomic E-state index is 0.117. The molecule has 0 aromatic carbocycles. The van der Waals surface area contributed by atoms with Crippen molar-refractivity contribution < 1.29 is 0 Å². The van der Waals surface area contributed by atoms with Crippen LogP contribution in [0, 0.1) is 5.41 Å². The van der Waals surface area contributed by atoms with Gasteiger partial charge >= 0.3 is 0 Å². The fourth-order valence-electron chi connectivity index (χ4n) is 2.65. The monoisotopic (exact) mass is 246 g/mol. The fraction of sp³-hybridized carbons (Fsp3) is 0.750. The molecule has 1 heterocycles. The Kier molecular flexibility index (Phi) is 3.48. The van der Waals surface area contributed by atoms with E-state index in [-0.39, 0.29) is 5.41 Å². The molecule has 1 aliphatic carbocycles. The lowest BCUT2D eigenvalue weighted by Gasteiger charge is -2.33. The van der Waals surface area contributed by atoms with Crippen LogP contribution in [0.4, 0.5) is 0 Å². The van der Waals surface area contributed by atoms with E-state index in [0.29, 0.717) is 11.3 Å². The zero-order valence-corrected chi connectivity index (χ0v) is 12.5. The van der Waals surface area contributed by atoms with Crippen molar-refractivity contribution in [2.75, 3.05) is 0 Å². The molecule has 2 nitrogen and oxygen atoms in total. The van der Waals surface area contributed by atoms with E-state index < -0.39 is 0 Å². The highest BCUT2D eigenvalue weighted by atomic mass is 14.9. The van der Waals surface area contributed by atoms with Crippen LogP contribution in [0.15, 0.2) is 12.3 Å². The third kappa shape index (κ3) is 3.09. The second-order valence-electron chi connectivity index (χ2n) is 7.49. The topological polar surface area (TPSA) is 25.8 Å². The minimum atomic E-state index is 0.117. The van der Waals surface area contributed by atoms with E-state index in [0.717, 1.165) is 11.5 Å². The molecule has 0 spiro atoms. The van der Waals surface area contributed by atoms with E-state index in [1.54, 1.807) is 0 Å². The predicted octanol–water partition coefficient (Wildman–Crippen LogP) is 4.46. The zero-order valence-electron chi connectivity index (χ0n) is 12.5. The van der Waals surface area contributed by atoms with Crippen LogP contribution in [-0.4, -0.2) is 9.97 Å². The van der Waals surface area contributed by atoms with Gasteiger partial charge in [-0.2, -0.15) is 0 Å². The molecule has 18 heavy (non-hydrogen) atoms. The van der Waals surface area contributed by atoms with Crippen molar-refractivity contribution in [2.24, 2.45) is 5.41 Å². The standard InChI is InChI=1S/C16H26N2/c1-15(2,3)13-8-11-17-14(18-13)12-6-9-16(4,5)10-7-12/h8,11-12H,6-7,9-10H2,1-5H3. The van der Waals surface area contributed by atoms with Gasteiger partial charge in [-0.1, -0.05) is 34.6 Å². The lowest BCUT2D eigenvalue weighted by molar-refractivity contribution is 0.220. The lowest BCUT2D eigenvalue weighted by atomic mass is 9.73.